The van der Waals surface area contributed by atoms with E-state index in [1.54, 1.807) is 10.9 Å². The number of carbonyl (C=O) groups excluding carboxylic acids is 1. The lowest BCUT2D eigenvalue weighted by atomic mass is 9.99. The quantitative estimate of drug-likeness (QED) is 0.777. The van der Waals surface area contributed by atoms with Crippen LogP contribution in [0.2, 0.25) is 0 Å². The SMILES string of the molecule is CCC(C)C(N)C(=O)NC(C)c1nncn1C. The summed E-state index contributed by atoms with van der Waals surface area (Å²) in [4.78, 5) is 11.9. The Balaban J connectivity index is 2.60. The summed E-state index contributed by atoms with van der Waals surface area (Å²) in [5.74, 6) is 0.742. The van der Waals surface area contributed by atoms with Gasteiger partial charge in [-0.25, -0.2) is 0 Å². The standard InChI is InChI=1S/C11H21N5O/c1-5-7(2)9(12)11(17)14-8(3)10-15-13-6-16(10)4/h6-9H,5,12H2,1-4H3,(H,14,17). The number of nitrogens with zero attached hydrogens (tertiary/aromatic N) is 3. The first-order chi connectivity index (χ1) is 7.97. The lowest BCUT2D eigenvalue weighted by molar-refractivity contribution is -0.124. The van der Waals surface area contributed by atoms with Crippen molar-refractivity contribution in [3.05, 3.63) is 12.2 Å². The van der Waals surface area contributed by atoms with E-state index in [1.807, 2.05) is 27.8 Å². The lowest BCUT2D eigenvalue weighted by Gasteiger charge is -2.20. The van der Waals surface area contributed by atoms with E-state index in [2.05, 4.69) is 15.5 Å². The topological polar surface area (TPSA) is 85.8 Å². The molecule has 0 aliphatic carbocycles. The molecule has 96 valence electrons. The highest BCUT2D eigenvalue weighted by Crippen LogP contribution is 2.10. The Morgan fingerprint density at radius 3 is 2.71 bits per heavy atom. The molecule has 0 aromatic carbocycles. The van der Waals surface area contributed by atoms with Gasteiger partial charge in [-0.05, 0) is 12.8 Å². The van der Waals surface area contributed by atoms with Gasteiger partial charge in [-0.1, -0.05) is 20.3 Å². The number of hydrogen-bond acceptors (Lipinski definition) is 4. The first-order valence-corrected chi connectivity index (χ1v) is 5.87. The normalized spacial score (nSPS) is 16.3. The van der Waals surface area contributed by atoms with Gasteiger partial charge in [0, 0.05) is 7.05 Å². The van der Waals surface area contributed by atoms with Crippen LogP contribution in [0, 0.1) is 5.92 Å². The molecule has 3 atom stereocenters. The summed E-state index contributed by atoms with van der Waals surface area (Å²) >= 11 is 0. The minimum Gasteiger partial charge on any atom is -0.345 e. The summed E-state index contributed by atoms with van der Waals surface area (Å²) < 4.78 is 1.78. The largest absolute Gasteiger partial charge is 0.345 e. The molecule has 0 spiro atoms. The number of rotatable bonds is 5. The van der Waals surface area contributed by atoms with Gasteiger partial charge >= 0.3 is 0 Å². The highest BCUT2D eigenvalue weighted by Gasteiger charge is 2.22. The number of aromatic nitrogens is 3. The Labute approximate surface area is 102 Å². The molecule has 0 bridgehead atoms. The monoisotopic (exact) mass is 239 g/mol. The predicted molar refractivity (Wildman–Crippen MR) is 65.0 cm³/mol. The molecule has 0 aliphatic heterocycles. The summed E-state index contributed by atoms with van der Waals surface area (Å²) in [6.07, 6.45) is 2.49. The molecule has 1 aromatic rings. The van der Waals surface area contributed by atoms with Crippen molar-refractivity contribution < 1.29 is 4.79 Å². The highest BCUT2D eigenvalue weighted by atomic mass is 16.2. The van der Waals surface area contributed by atoms with Crippen LogP contribution in [0.4, 0.5) is 0 Å². The van der Waals surface area contributed by atoms with E-state index in [4.69, 9.17) is 5.73 Å². The molecule has 3 unspecified atom stereocenters. The van der Waals surface area contributed by atoms with E-state index < -0.39 is 6.04 Å². The molecule has 6 heteroatoms. The van der Waals surface area contributed by atoms with Crippen molar-refractivity contribution in [2.75, 3.05) is 0 Å². The van der Waals surface area contributed by atoms with Crippen LogP contribution >= 0.6 is 0 Å². The second-order valence-corrected chi connectivity index (χ2v) is 4.44. The maximum absolute atomic E-state index is 11.9. The Hall–Kier alpha value is -1.43. The molecule has 0 fully saturated rings. The predicted octanol–water partition coefficient (Wildman–Crippen LogP) is 0.366. The van der Waals surface area contributed by atoms with E-state index in [1.165, 1.54) is 0 Å². The van der Waals surface area contributed by atoms with E-state index in [0.717, 1.165) is 12.2 Å². The molecular weight excluding hydrogens is 218 g/mol. The molecule has 1 heterocycles. The van der Waals surface area contributed by atoms with Gasteiger partial charge in [0.2, 0.25) is 5.91 Å². The van der Waals surface area contributed by atoms with Gasteiger partial charge in [-0.2, -0.15) is 0 Å². The van der Waals surface area contributed by atoms with Gasteiger partial charge in [-0.3, -0.25) is 4.79 Å². The van der Waals surface area contributed by atoms with Gasteiger partial charge in [-0.15, -0.1) is 10.2 Å². The van der Waals surface area contributed by atoms with Crippen molar-refractivity contribution >= 4 is 5.91 Å². The van der Waals surface area contributed by atoms with Crippen LogP contribution in [-0.4, -0.2) is 26.7 Å². The summed E-state index contributed by atoms with van der Waals surface area (Å²) in [7, 11) is 1.84. The maximum atomic E-state index is 11.9. The number of aryl methyl sites for hydroxylation is 1. The zero-order chi connectivity index (χ0) is 13.0. The van der Waals surface area contributed by atoms with Gasteiger partial charge in [0.1, 0.15) is 6.33 Å². The molecule has 3 N–H and O–H groups in total. The maximum Gasteiger partial charge on any atom is 0.237 e. The second-order valence-electron chi connectivity index (χ2n) is 4.44. The van der Waals surface area contributed by atoms with Crippen LogP contribution in [0.1, 0.15) is 39.1 Å². The van der Waals surface area contributed by atoms with Crippen molar-refractivity contribution in [1.29, 1.82) is 0 Å². The molecule has 17 heavy (non-hydrogen) atoms. The molecular formula is C11H21N5O. The van der Waals surface area contributed by atoms with Crippen molar-refractivity contribution in [2.24, 2.45) is 18.7 Å². The number of carbonyl (C=O) groups is 1. The lowest BCUT2D eigenvalue weighted by Crippen LogP contribution is -2.45. The molecule has 0 radical (unpaired) electrons. The molecule has 1 rings (SSSR count). The highest BCUT2D eigenvalue weighted by molar-refractivity contribution is 5.82. The average Bonchev–Trinajstić information content (AvgIpc) is 2.73. The van der Waals surface area contributed by atoms with E-state index in [0.29, 0.717) is 0 Å². The number of nitrogens with one attached hydrogen (secondary N) is 1. The van der Waals surface area contributed by atoms with E-state index in [-0.39, 0.29) is 17.9 Å². The minimum atomic E-state index is -0.476. The van der Waals surface area contributed by atoms with Gasteiger partial charge < -0.3 is 15.6 Å². The first-order valence-electron chi connectivity index (χ1n) is 5.87. The fraction of sp³-hybridized carbons (Fsp3) is 0.727. The third-order valence-electron chi connectivity index (χ3n) is 3.05. The minimum absolute atomic E-state index is 0.144. The Morgan fingerprint density at radius 1 is 1.59 bits per heavy atom. The third-order valence-corrected chi connectivity index (χ3v) is 3.05. The van der Waals surface area contributed by atoms with E-state index in [9.17, 15) is 4.79 Å². The first kappa shape index (κ1) is 13.6. The van der Waals surface area contributed by atoms with Crippen molar-refractivity contribution in [3.63, 3.8) is 0 Å². The summed E-state index contributed by atoms with van der Waals surface area (Å²) in [5, 5.41) is 10.6. The molecule has 0 saturated heterocycles. The van der Waals surface area contributed by atoms with Crippen LogP contribution in [0.25, 0.3) is 0 Å². The van der Waals surface area contributed by atoms with Crippen LogP contribution in [0.3, 0.4) is 0 Å². The van der Waals surface area contributed by atoms with Crippen LogP contribution in [-0.2, 0) is 11.8 Å². The Bertz CT molecular complexity index is 376. The molecule has 0 aliphatic rings. The van der Waals surface area contributed by atoms with E-state index >= 15 is 0 Å². The van der Waals surface area contributed by atoms with Gasteiger partial charge in [0.25, 0.3) is 0 Å². The van der Waals surface area contributed by atoms with Crippen LogP contribution < -0.4 is 11.1 Å². The van der Waals surface area contributed by atoms with Gasteiger partial charge in [0.05, 0.1) is 12.1 Å². The summed E-state index contributed by atoms with van der Waals surface area (Å²) in [6.45, 7) is 5.85. The number of amides is 1. The zero-order valence-electron chi connectivity index (χ0n) is 10.8. The number of hydrogen-bond donors (Lipinski definition) is 2. The third kappa shape index (κ3) is 3.26. The molecule has 1 aromatic heterocycles. The van der Waals surface area contributed by atoms with Crippen LogP contribution in [0.15, 0.2) is 6.33 Å². The summed E-state index contributed by atoms with van der Waals surface area (Å²) in [6, 6.07) is -0.666. The van der Waals surface area contributed by atoms with Crippen LogP contribution in [0.5, 0.6) is 0 Å². The average molecular weight is 239 g/mol. The van der Waals surface area contributed by atoms with Crippen molar-refractivity contribution in [3.8, 4) is 0 Å². The summed E-state index contributed by atoms with van der Waals surface area (Å²) in [5.41, 5.74) is 5.86. The molecule has 6 nitrogen and oxygen atoms in total. The molecule has 1 amide bonds. The fourth-order valence-corrected chi connectivity index (χ4v) is 1.57. The van der Waals surface area contributed by atoms with Crippen molar-refractivity contribution in [2.45, 2.75) is 39.3 Å². The smallest absolute Gasteiger partial charge is 0.237 e. The van der Waals surface area contributed by atoms with Gasteiger partial charge in [0.15, 0.2) is 5.82 Å². The molecule has 0 saturated carbocycles. The second kappa shape index (κ2) is 5.77. The Kier molecular flexibility index (Phi) is 4.62. The Morgan fingerprint density at radius 2 is 2.24 bits per heavy atom. The number of nitrogens with two attached hydrogens (primary N) is 1. The zero-order valence-corrected chi connectivity index (χ0v) is 10.8. The fourth-order valence-electron chi connectivity index (χ4n) is 1.57. The van der Waals surface area contributed by atoms with Crippen molar-refractivity contribution in [1.82, 2.24) is 20.1 Å².